The van der Waals surface area contributed by atoms with E-state index < -0.39 is 29.3 Å². The topological polar surface area (TPSA) is 161 Å². The van der Waals surface area contributed by atoms with Crippen molar-refractivity contribution in [1.29, 1.82) is 0 Å². The highest BCUT2D eigenvalue weighted by atomic mass is 16.6. The van der Waals surface area contributed by atoms with Crippen LogP contribution in [0.4, 0.5) is 0 Å². The molecule has 0 radical (unpaired) electrons. The molecule has 0 unspecified atom stereocenters. The fraction of sp³-hybridized carbons (Fsp3) is 0.811. The standard InChI is InChI=1S/C53H93NO12/c1-8-13-17-19-27-38-61-47(55)32-23-25-34-49(57)63-41-53(43-65-51(59)36-29-37-54(12-5)45(6)7,44-66-52(60)40-46(30-21-15-10-3)31-22-16-11-4)42-64-50(58)35-26-24-33-48(56)62-39-28-20-18-14-9-2/h17-20,45-46H,8-16,21-44H2,1-7H3/b19-17-,20-18-. The van der Waals surface area contributed by atoms with E-state index in [1.54, 1.807) is 0 Å². The van der Waals surface area contributed by atoms with Gasteiger partial charge in [-0.15, -0.1) is 0 Å². The van der Waals surface area contributed by atoms with Gasteiger partial charge in [0.1, 0.15) is 31.8 Å². The first-order valence-electron chi connectivity index (χ1n) is 25.8. The van der Waals surface area contributed by atoms with Crippen LogP contribution < -0.4 is 0 Å². The summed E-state index contributed by atoms with van der Waals surface area (Å²) in [5.74, 6) is -2.49. The van der Waals surface area contributed by atoms with Crippen molar-refractivity contribution >= 4 is 35.8 Å². The molecular formula is C53H93NO12. The van der Waals surface area contributed by atoms with Crippen LogP contribution in [0.5, 0.6) is 0 Å². The minimum absolute atomic E-state index is 0.0153. The largest absolute Gasteiger partial charge is 0.465 e. The molecule has 0 aromatic heterocycles. The van der Waals surface area contributed by atoms with E-state index in [0.717, 1.165) is 83.6 Å². The zero-order valence-electron chi connectivity index (χ0n) is 42.6. The first-order valence-corrected chi connectivity index (χ1v) is 25.8. The number of esters is 6. The summed E-state index contributed by atoms with van der Waals surface area (Å²) < 4.78 is 33.9. The molecule has 0 aliphatic rings. The van der Waals surface area contributed by atoms with Crippen LogP contribution in [0.25, 0.3) is 0 Å². The second-order valence-electron chi connectivity index (χ2n) is 18.0. The summed E-state index contributed by atoms with van der Waals surface area (Å²) in [6, 6.07) is 0.323. The summed E-state index contributed by atoms with van der Waals surface area (Å²) in [7, 11) is 0. The number of allylic oxidation sites excluding steroid dienone is 2. The summed E-state index contributed by atoms with van der Waals surface area (Å²) in [4.78, 5) is 79.8. The number of ether oxygens (including phenoxy) is 6. The van der Waals surface area contributed by atoms with Gasteiger partial charge in [0, 0.05) is 44.6 Å². The van der Waals surface area contributed by atoms with Crippen molar-refractivity contribution in [2.45, 2.75) is 215 Å². The van der Waals surface area contributed by atoms with Crippen LogP contribution in [0.15, 0.2) is 24.3 Å². The Kier molecular flexibility index (Phi) is 40.2. The van der Waals surface area contributed by atoms with Crippen molar-refractivity contribution in [1.82, 2.24) is 4.90 Å². The highest BCUT2D eigenvalue weighted by Crippen LogP contribution is 2.26. The highest BCUT2D eigenvalue weighted by Gasteiger charge is 2.38. The Morgan fingerprint density at radius 1 is 0.439 bits per heavy atom. The van der Waals surface area contributed by atoms with Crippen molar-refractivity contribution in [2.24, 2.45) is 11.3 Å². The van der Waals surface area contributed by atoms with E-state index in [4.69, 9.17) is 28.4 Å². The lowest BCUT2D eigenvalue weighted by atomic mass is 9.91. The Balaban J connectivity index is 5.98. The molecule has 0 aromatic carbocycles. The lowest BCUT2D eigenvalue weighted by Gasteiger charge is -2.32. The number of carbonyl (C=O) groups is 6. The van der Waals surface area contributed by atoms with Gasteiger partial charge in [-0.1, -0.05) is 110 Å². The predicted molar refractivity (Wildman–Crippen MR) is 260 cm³/mol. The van der Waals surface area contributed by atoms with Gasteiger partial charge in [-0.2, -0.15) is 0 Å². The molecule has 13 heteroatoms. The van der Waals surface area contributed by atoms with E-state index in [1.807, 2.05) is 12.2 Å². The third-order valence-electron chi connectivity index (χ3n) is 11.4. The van der Waals surface area contributed by atoms with Crippen LogP contribution in [-0.4, -0.2) is 99.5 Å². The summed E-state index contributed by atoms with van der Waals surface area (Å²) in [6.45, 7) is 15.6. The van der Waals surface area contributed by atoms with Crippen LogP contribution in [0.3, 0.4) is 0 Å². The van der Waals surface area contributed by atoms with Crippen molar-refractivity contribution in [3.63, 3.8) is 0 Å². The van der Waals surface area contributed by atoms with Gasteiger partial charge in [0.15, 0.2) is 0 Å². The summed E-state index contributed by atoms with van der Waals surface area (Å²) in [6.07, 6.45) is 24.7. The molecule has 66 heavy (non-hydrogen) atoms. The Morgan fingerprint density at radius 3 is 1.17 bits per heavy atom. The van der Waals surface area contributed by atoms with Crippen molar-refractivity contribution in [2.75, 3.05) is 52.7 Å². The van der Waals surface area contributed by atoms with Crippen LogP contribution in [0.2, 0.25) is 0 Å². The molecule has 13 nitrogen and oxygen atoms in total. The molecule has 0 rings (SSSR count). The van der Waals surface area contributed by atoms with Crippen LogP contribution in [0.1, 0.15) is 209 Å². The van der Waals surface area contributed by atoms with Gasteiger partial charge in [-0.05, 0) is 103 Å². The minimum Gasteiger partial charge on any atom is -0.465 e. The predicted octanol–water partition coefficient (Wildman–Crippen LogP) is 11.5. The third kappa shape index (κ3) is 36.4. The lowest BCUT2D eigenvalue weighted by molar-refractivity contribution is -0.171. The summed E-state index contributed by atoms with van der Waals surface area (Å²) in [5.41, 5.74) is -1.39. The number of unbranched alkanes of at least 4 members (excludes halogenated alkanes) is 8. The number of carbonyl (C=O) groups excluding carboxylic acids is 6. The van der Waals surface area contributed by atoms with Gasteiger partial charge >= 0.3 is 35.8 Å². The second kappa shape index (κ2) is 42.6. The van der Waals surface area contributed by atoms with Gasteiger partial charge in [0.2, 0.25) is 0 Å². The SMILES string of the molecule is CCC/C=C\CCOC(=O)CCCCC(=O)OCC(COC(=O)CCCCC(=O)OCC/C=C\CCC)(COC(=O)CCCN(CC)C(C)C)COC(=O)CC(CCCCC)CCCCC. The van der Waals surface area contributed by atoms with Gasteiger partial charge in [-0.25, -0.2) is 0 Å². The maximum absolute atomic E-state index is 13.5. The Bertz CT molecular complexity index is 1280. The normalized spacial score (nSPS) is 11.8. The van der Waals surface area contributed by atoms with Gasteiger partial charge in [-0.3, -0.25) is 28.8 Å². The van der Waals surface area contributed by atoms with E-state index in [2.05, 4.69) is 65.5 Å². The molecule has 0 amide bonds. The molecule has 0 aromatic rings. The number of nitrogens with zero attached hydrogens (tertiary/aromatic N) is 1. The van der Waals surface area contributed by atoms with E-state index in [0.29, 0.717) is 70.7 Å². The van der Waals surface area contributed by atoms with Gasteiger partial charge in [0.25, 0.3) is 0 Å². The molecule has 0 saturated carbocycles. The molecule has 0 N–H and O–H groups in total. The zero-order valence-corrected chi connectivity index (χ0v) is 42.6. The molecule has 0 spiro atoms. The van der Waals surface area contributed by atoms with E-state index in [-0.39, 0.29) is 82.8 Å². The minimum atomic E-state index is -1.39. The van der Waals surface area contributed by atoms with Crippen LogP contribution in [0, 0.1) is 11.3 Å². The molecule has 0 bridgehead atoms. The van der Waals surface area contributed by atoms with E-state index >= 15 is 0 Å². The number of hydrogen-bond acceptors (Lipinski definition) is 13. The first-order chi connectivity index (χ1) is 31.8. The number of hydrogen-bond donors (Lipinski definition) is 0. The summed E-state index contributed by atoms with van der Waals surface area (Å²) >= 11 is 0. The van der Waals surface area contributed by atoms with Crippen LogP contribution in [-0.2, 0) is 57.2 Å². The fourth-order valence-corrected chi connectivity index (χ4v) is 7.13. The molecule has 0 aliphatic heterocycles. The monoisotopic (exact) mass is 936 g/mol. The van der Waals surface area contributed by atoms with Crippen molar-refractivity contribution in [3.05, 3.63) is 24.3 Å². The average Bonchev–Trinajstić information content (AvgIpc) is 3.29. The van der Waals surface area contributed by atoms with E-state index in [1.165, 1.54) is 0 Å². The Hall–Kier alpha value is -3.74. The maximum Gasteiger partial charge on any atom is 0.306 e. The molecular weight excluding hydrogens is 843 g/mol. The lowest BCUT2D eigenvalue weighted by Crippen LogP contribution is -2.44. The molecule has 0 fully saturated rings. The quantitative estimate of drug-likeness (QED) is 0.0246. The average molecular weight is 936 g/mol. The highest BCUT2D eigenvalue weighted by molar-refractivity contribution is 5.72. The second-order valence-corrected chi connectivity index (χ2v) is 18.0. The zero-order chi connectivity index (χ0) is 49.1. The Morgan fingerprint density at radius 2 is 0.803 bits per heavy atom. The van der Waals surface area contributed by atoms with E-state index in [9.17, 15) is 28.8 Å². The molecule has 0 atom stereocenters. The van der Waals surface area contributed by atoms with Crippen LogP contribution >= 0.6 is 0 Å². The van der Waals surface area contributed by atoms with Crippen molar-refractivity contribution < 1.29 is 57.2 Å². The first kappa shape index (κ1) is 62.3. The fourth-order valence-electron chi connectivity index (χ4n) is 7.13. The maximum atomic E-state index is 13.5. The molecule has 0 heterocycles. The molecule has 0 saturated heterocycles. The smallest absolute Gasteiger partial charge is 0.306 e. The van der Waals surface area contributed by atoms with Gasteiger partial charge in [0.05, 0.1) is 13.2 Å². The Labute approximate surface area is 400 Å². The summed E-state index contributed by atoms with van der Waals surface area (Å²) in [5, 5.41) is 0. The third-order valence-corrected chi connectivity index (χ3v) is 11.4. The molecule has 0 aliphatic carbocycles. The van der Waals surface area contributed by atoms with Gasteiger partial charge < -0.3 is 33.3 Å². The number of rotatable bonds is 44. The molecule has 382 valence electrons. The van der Waals surface area contributed by atoms with Crippen molar-refractivity contribution in [3.8, 4) is 0 Å².